The van der Waals surface area contributed by atoms with E-state index in [2.05, 4.69) is 0 Å². The molecule has 2 aliphatic carbocycles. The van der Waals surface area contributed by atoms with Crippen LogP contribution in [0.3, 0.4) is 0 Å². The van der Waals surface area contributed by atoms with Crippen LogP contribution in [0.25, 0.3) is 0 Å². The SMILES string of the molecule is CC(=O)O[C@H]1C[C@@]2(C)O[C@H]2[C@@H]2OC(=O)C3(C)O[C@]23[C@@H](OC(C)=O)[C@H]2[C@@H](C)C(=O)C[C@H](OC(C)=O)[C@]2(C)[C@H]1OC(C)=O. The number of esters is 5. The Morgan fingerprint density at radius 3 is 1.90 bits per heavy atom. The largest absolute Gasteiger partial charge is 0.461 e. The number of epoxide rings is 2. The summed E-state index contributed by atoms with van der Waals surface area (Å²) in [5.74, 6) is -5.77. The minimum atomic E-state index is -1.56. The van der Waals surface area contributed by atoms with Gasteiger partial charge in [-0.3, -0.25) is 24.0 Å². The van der Waals surface area contributed by atoms with E-state index in [0.29, 0.717) is 0 Å². The first-order valence-corrected chi connectivity index (χ1v) is 13.7. The molecule has 0 radical (unpaired) electrons. The van der Waals surface area contributed by atoms with E-state index in [1.54, 1.807) is 20.8 Å². The first kappa shape index (κ1) is 29.4. The molecule has 12 atom stereocenters. The Morgan fingerprint density at radius 1 is 0.805 bits per heavy atom. The molecule has 3 aliphatic heterocycles. The number of fused-ring (bicyclic) bond motifs is 3. The van der Waals surface area contributed by atoms with Crippen molar-refractivity contribution in [2.75, 3.05) is 0 Å². The zero-order valence-corrected chi connectivity index (χ0v) is 24.3. The molecule has 226 valence electrons. The van der Waals surface area contributed by atoms with Gasteiger partial charge in [-0.05, 0) is 13.8 Å². The van der Waals surface area contributed by atoms with Crippen molar-refractivity contribution in [3.8, 4) is 0 Å². The Kier molecular flexibility index (Phi) is 6.62. The van der Waals surface area contributed by atoms with Gasteiger partial charge in [-0.15, -0.1) is 0 Å². The minimum absolute atomic E-state index is 0.00565. The molecule has 5 aliphatic rings. The standard InChI is InChI=1S/C28H36O13/c1-11-16(33)9-18(36-13(3)30)26(7)19(11)21(38-15(5)32)28-23(39-24(34)27(28,8)41-28)22-25(6,40-22)10-17(35-12(2)29)20(26)37-14(4)31/h11,17-23H,9-10H2,1-8H3/t11-,17-,18-,19+,20-,21-,22-,23-,25+,26-,27?,28+/m0/s1. The summed E-state index contributed by atoms with van der Waals surface area (Å²) in [4.78, 5) is 76.8. The van der Waals surface area contributed by atoms with Crippen molar-refractivity contribution in [2.24, 2.45) is 17.3 Å². The fourth-order valence-corrected chi connectivity index (χ4v) is 7.82. The van der Waals surface area contributed by atoms with Gasteiger partial charge in [0.05, 0.1) is 11.0 Å². The van der Waals surface area contributed by atoms with Crippen LogP contribution in [-0.2, 0) is 61.9 Å². The smallest absolute Gasteiger partial charge is 0.342 e. The summed E-state index contributed by atoms with van der Waals surface area (Å²) in [5, 5.41) is 0. The zero-order chi connectivity index (χ0) is 30.4. The van der Waals surface area contributed by atoms with E-state index in [-0.39, 0.29) is 18.6 Å². The van der Waals surface area contributed by atoms with Crippen molar-refractivity contribution in [3.05, 3.63) is 0 Å². The molecule has 3 heterocycles. The fourth-order valence-electron chi connectivity index (χ4n) is 7.82. The molecule has 5 fully saturated rings. The highest BCUT2D eigenvalue weighted by Crippen LogP contribution is 2.68. The molecule has 41 heavy (non-hydrogen) atoms. The lowest BCUT2D eigenvalue weighted by Gasteiger charge is -2.55. The van der Waals surface area contributed by atoms with Crippen molar-refractivity contribution in [3.63, 3.8) is 0 Å². The lowest BCUT2D eigenvalue weighted by molar-refractivity contribution is -0.233. The van der Waals surface area contributed by atoms with Crippen LogP contribution >= 0.6 is 0 Å². The summed E-state index contributed by atoms with van der Waals surface area (Å²) in [6.45, 7) is 11.3. The highest BCUT2D eigenvalue weighted by atomic mass is 16.8. The maximum absolute atomic E-state index is 13.5. The molecule has 0 aromatic rings. The molecule has 0 aromatic carbocycles. The number of ketones is 1. The number of carbonyl (C=O) groups excluding carboxylic acids is 6. The molecule has 13 heteroatoms. The molecule has 1 spiro atoms. The van der Waals surface area contributed by atoms with Crippen LogP contribution in [-0.4, -0.2) is 89.1 Å². The number of rotatable bonds is 4. The van der Waals surface area contributed by atoms with Crippen LogP contribution in [0.5, 0.6) is 0 Å². The Hall–Kier alpha value is -3.06. The second kappa shape index (κ2) is 9.22. The van der Waals surface area contributed by atoms with Crippen LogP contribution < -0.4 is 0 Å². The third kappa shape index (κ3) is 4.17. The van der Waals surface area contributed by atoms with E-state index in [0.717, 1.165) is 0 Å². The molecule has 0 N–H and O–H groups in total. The van der Waals surface area contributed by atoms with Gasteiger partial charge < -0.3 is 33.2 Å². The van der Waals surface area contributed by atoms with Crippen LogP contribution in [0.4, 0.5) is 0 Å². The molecule has 0 aromatic heterocycles. The van der Waals surface area contributed by atoms with Gasteiger partial charge in [-0.2, -0.15) is 0 Å². The van der Waals surface area contributed by atoms with Gasteiger partial charge in [0.1, 0.15) is 36.3 Å². The van der Waals surface area contributed by atoms with Gasteiger partial charge in [0.2, 0.25) is 0 Å². The van der Waals surface area contributed by atoms with Crippen molar-refractivity contribution in [2.45, 2.75) is 122 Å². The molecule has 2 saturated carbocycles. The van der Waals surface area contributed by atoms with Gasteiger partial charge in [0, 0.05) is 52.4 Å². The van der Waals surface area contributed by atoms with Gasteiger partial charge in [-0.25, -0.2) is 4.79 Å². The summed E-state index contributed by atoms with van der Waals surface area (Å²) in [5.41, 5.74) is -5.65. The molecular weight excluding hydrogens is 544 g/mol. The maximum Gasteiger partial charge on any atom is 0.342 e. The third-order valence-corrected chi connectivity index (χ3v) is 9.70. The fraction of sp³-hybridized carbons (Fsp3) is 0.786. The van der Waals surface area contributed by atoms with Crippen molar-refractivity contribution < 1.29 is 61.9 Å². The van der Waals surface area contributed by atoms with Crippen LogP contribution in [0.1, 0.15) is 68.2 Å². The summed E-state index contributed by atoms with van der Waals surface area (Å²) in [6.07, 6.45) is -7.01. The zero-order valence-electron chi connectivity index (χ0n) is 24.3. The Labute approximate surface area is 236 Å². The van der Waals surface area contributed by atoms with Gasteiger partial charge >= 0.3 is 29.8 Å². The number of hydrogen-bond donors (Lipinski definition) is 0. The highest BCUT2D eigenvalue weighted by molar-refractivity contribution is 5.89. The first-order valence-electron chi connectivity index (χ1n) is 13.7. The average Bonchev–Trinajstić information content (AvgIpc) is 3.67. The summed E-state index contributed by atoms with van der Waals surface area (Å²) in [6, 6.07) is 0. The van der Waals surface area contributed by atoms with Crippen molar-refractivity contribution in [1.29, 1.82) is 0 Å². The second-order valence-corrected chi connectivity index (χ2v) is 12.5. The number of hydrogen-bond acceptors (Lipinski definition) is 13. The van der Waals surface area contributed by atoms with Gasteiger partial charge in [-0.1, -0.05) is 13.8 Å². The highest BCUT2D eigenvalue weighted by Gasteiger charge is 2.91. The first-order chi connectivity index (χ1) is 18.9. The van der Waals surface area contributed by atoms with Gasteiger partial charge in [0.15, 0.2) is 17.3 Å². The Morgan fingerprint density at radius 2 is 1.37 bits per heavy atom. The minimum Gasteiger partial charge on any atom is -0.461 e. The molecule has 0 amide bonds. The van der Waals surface area contributed by atoms with Crippen molar-refractivity contribution in [1.82, 2.24) is 0 Å². The van der Waals surface area contributed by atoms with Gasteiger partial charge in [0.25, 0.3) is 0 Å². The summed E-state index contributed by atoms with van der Waals surface area (Å²) >= 11 is 0. The van der Waals surface area contributed by atoms with Crippen LogP contribution in [0.2, 0.25) is 0 Å². The predicted octanol–water partition coefficient (Wildman–Crippen LogP) is 0.959. The maximum atomic E-state index is 13.5. The van der Waals surface area contributed by atoms with Crippen molar-refractivity contribution >= 4 is 35.6 Å². The lowest BCUT2D eigenvalue weighted by atomic mass is 9.53. The van der Waals surface area contributed by atoms with E-state index in [4.69, 9.17) is 33.2 Å². The third-order valence-electron chi connectivity index (χ3n) is 9.70. The lowest BCUT2D eigenvalue weighted by Crippen LogP contribution is -2.68. The average molecular weight is 581 g/mol. The van der Waals surface area contributed by atoms with E-state index < -0.39 is 101 Å². The molecule has 0 bridgehead atoms. The van der Waals surface area contributed by atoms with E-state index in [1.165, 1.54) is 34.6 Å². The molecule has 5 rings (SSSR count). The number of Topliss-reactive ketones (excluding diaryl/α,β-unsaturated/α-hetero) is 1. The molecular formula is C28H36O13. The number of ether oxygens (including phenoxy) is 7. The normalized spacial score (nSPS) is 47.7. The van der Waals surface area contributed by atoms with Crippen LogP contribution in [0, 0.1) is 17.3 Å². The summed E-state index contributed by atoms with van der Waals surface area (Å²) < 4.78 is 41.5. The van der Waals surface area contributed by atoms with E-state index in [1.807, 2.05) is 0 Å². The topological polar surface area (TPSA) is 174 Å². The molecule has 3 saturated heterocycles. The second-order valence-electron chi connectivity index (χ2n) is 12.5. The van der Waals surface area contributed by atoms with E-state index in [9.17, 15) is 28.8 Å². The summed E-state index contributed by atoms with van der Waals surface area (Å²) in [7, 11) is 0. The van der Waals surface area contributed by atoms with E-state index >= 15 is 0 Å². The van der Waals surface area contributed by atoms with Crippen LogP contribution in [0.15, 0.2) is 0 Å². The Bertz CT molecular complexity index is 1230. The molecule has 13 nitrogen and oxygen atoms in total. The number of carbonyl (C=O) groups is 6. The quantitative estimate of drug-likeness (QED) is 0.261. The Balaban J connectivity index is 1.81. The monoisotopic (exact) mass is 580 g/mol. The molecule has 1 unspecified atom stereocenters. The predicted molar refractivity (Wildman–Crippen MR) is 133 cm³/mol.